The van der Waals surface area contributed by atoms with Gasteiger partial charge < -0.3 is 14.2 Å². The molecule has 2 saturated heterocycles. The van der Waals surface area contributed by atoms with Crippen LogP contribution in [0.5, 0.6) is 0 Å². The molecule has 1 amide bonds. The lowest BCUT2D eigenvalue weighted by atomic mass is 9.93. The quantitative estimate of drug-likeness (QED) is 0.845. The Kier molecular flexibility index (Phi) is 4.39. The Labute approximate surface area is 154 Å². The third-order valence-electron chi connectivity index (χ3n) is 5.41. The molecule has 0 N–H and O–H groups in total. The van der Waals surface area contributed by atoms with Gasteiger partial charge in [0, 0.05) is 20.1 Å². The van der Waals surface area contributed by atoms with Gasteiger partial charge in [-0.15, -0.1) is 0 Å². The van der Waals surface area contributed by atoms with Gasteiger partial charge in [-0.2, -0.15) is 0 Å². The summed E-state index contributed by atoms with van der Waals surface area (Å²) in [6.07, 6.45) is 1.80. The molecule has 0 saturated carbocycles. The van der Waals surface area contributed by atoms with Crippen LogP contribution in [0.15, 0.2) is 24.3 Å². The van der Waals surface area contributed by atoms with E-state index in [1.165, 1.54) is 5.52 Å². The summed E-state index contributed by atoms with van der Waals surface area (Å²) < 4.78 is 8.10. The first-order valence-electron chi connectivity index (χ1n) is 9.56. The van der Waals surface area contributed by atoms with Crippen molar-refractivity contribution in [1.29, 1.82) is 0 Å². The summed E-state index contributed by atoms with van der Waals surface area (Å²) in [6.45, 7) is 8.73. The van der Waals surface area contributed by atoms with E-state index in [0.29, 0.717) is 12.5 Å². The van der Waals surface area contributed by atoms with Crippen molar-refractivity contribution in [2.45, 2.75) is 45.4 Å². The lowest BCUT2D eigenvalue weighted by Crippen LogP contribution is -2.50. The highest BCUT2D eigenvalue weighted by Crippen LogP contribution is 2.32. The van der Waals surface area contributed by atoms with Crippen molar-refractivity contribution in [3.05, 3.63) is 30.1 Å². The van der Waals surface area contributed by atoms with Gasteiger partial charge in [0.25, 0.3) is 0 Å². The van der Waals surface area contributed by atoms with Crippen LogP contribution >= 0.6 is 0 Å². The maximum atomic E-state index is 11.9. The molecule has 6 nitrogen and oxygen atoms in total. The average Bonchev–Trinajstić information content (AvgIpc) is 3.05. The monoisotopic (exact) mass is 356 g/mol. The maximum Gasteiger partial charge on any atom is 0.410 e. The molecule has 1 atom stereocenters. The van der Waals surface area contributed by atoms with Crippen LogP contribution < -0.4 is 0 Å². The molecule has 1 aromatic heterocycles. The number of ether oxygens (including phenoxy) is 1. The summed E-state index contributed by atoms with van der Waals surface area (Å²) in [5, 5.41) is 0. The number of imidazole rings is 1. The first-order valence-corrected chi connectivity index (χ1v) is 9.56. The van der Waals surface area contributed by atoms with Gasteiger partial charge >= 0.3 is 6.09 Å². The van der Waals surface area contributed by atoms with Crippen LogP contribution in [0, 0.1) is 5.92 Å². The molecule has 2 fully saturated rings. The van der Waals surface area contributed by atoms with E-state index in [9.17, 15) is 4.79 Å². The molecule has 2 aliphatic heterocycles. The fourth-order valence-corrected chi connectivity index (χ4v) is 4.34. The fourth-order valence-electron chi connectivity index (χ4n) is 4.34. The minimum atomic E-state index is -0.348. The van der Waals surface area contributed by atoms with E-state index in [1.54, 1.807) is 4.90 Å². The van der Waals surface area contributed by atoms with Crippen molar-refractivity contribution in [2.75, 3.05) is 26.7 Å². The van der Waals surface area contributed by atoms with E-state index < -0.39 is 0 Å². The number of hydrogen-bond acceptors (Lipinski definition) is 4. The van der Waals surface area contributed by atoms with Crippen molar-refractivity contribution >= 4 is 17.1 Å². The Morgan fingerprint density at radius 2 is 2.08 bits per heavy atom. The highest BCUT2D eigenvalue weighted by Gasteiger charge is 2.46. The summed E-state index contributed by atoms with van der Waals surface area (Å²) in [6, 6.07) is 8.36. The predicted molar refractivity (Wildman–Crippen MR) is 101 cm³/mol. The topological polar surface area (TPSA) is 50.6 Å². The number of likely N-dealkylation sites (N-methyl/N-ethyl adjacent to an activating group) is 1. The Hall–Kier alpha value is -2.08. The number of aromatic nitrogens is 2. The number of benzene rings is 1. The number of rotatable bonds is 4. The molecule has 6 heteroatoms. The van der Waals surface area contributed by atoms with Gasteiger partial charge in [-0.3, -0.25) is 4.90 Å². The first kappa shape index (κ1) is 17.3. The molecular formula is C20H28N4O2. The molecule has 1 spiro atoms. The van der Waals surface area contributed by atoms with Crippen molar-refractivity contribution in [2.24, 2.45) is 5.92 Å². The molecule has 140 valence electrons. The standard InChI is InChI=1S/C20H28N4O2/c1-15(2)11-24-17-8-5-4-7-16(17)21-18(24)12-23-10-6-9-20(14-23)13-22(3)19(25)26-20/h4-5,7-8,15H,6,9-14H2,1-3H3/t20-/m1/s1. The molecule has 0 unspecified atom stereocenters. The van der Waals surface area contributed by atoms with E-state index in [1.807, 2.05) is 13.1 Å². The van der Waals surface area contributed by atoms with E-state index in [2.05, 4.69) is 41.5 Å². The second-order valence-electron chi connectivity index (χ2n) is 8.24. The van der Waals surface area contributed by atoms with Gasteiger partial charge in [-0.1, -0.05) is 26.0 Å². The second-order valence-corrected chi connectivity index (χ2v) is 8.24. The summed E-state index contributed by atoms with van der Waals surface area (Å²) in [7, 11) is 1.82. The average molecular weight is 356 g/mol. The minimum absolute atomic E-state index is 0.195. The number of para-hydroxylation sites is 2. The van der Waals surface area contributed by atoms with Gasteiger partial charge in [0.15, 0.2) is 0 Å². The number of amides is 1. The Bertz CT molecular complexity index is 815. The number of likely N-dealkylation sites (tertiary alicyclic amines) is 1. The Morgan fingerprint density at radius 3 is 2.81 bits per heavy atom. The minimum Gasteiger partial charge on any atom is -0.440 e. The van der Waals surface area contributed by atoms with E-state index in [-0.39, 0.29) is 11.7 Å². The van der Waals surface area contributed by atoms with E-state index in [4.69, 9.17) is 9.72 Å². The van der Waals surface area contributed by atoms with Gasteiger partial charge in [-0.05, 0) is 37.4 Å². The Balaban J connectivity index is 1.58. The molecule has 3 heterocycles. The number of carbonyl (C=O) groups excluding carboxylic acids is 1. The molecule has 26 heavy (non-hydrogen) atoms. The first-order chi connectivity index (χ1) is 12.5. The third-order valence-corrected chi connectivity index (χ3v) is 5.41. The number of fused-ring (bicyclic) bond motifs is 1. The number of carbonyl (C=O) groups is 1. The van der Waals surface area contributed by atoms with Gasteiger partial charge in [0.2, 0.25) is 0 Å². The lowest BCUT2D eigenvalue weighted by Gasteiger charge is -2.38. The van der Waals surface area contributed by atoms with Crippen LogP contribution in [0.2, 0.25) is 0 Å². The zero-order valence-electron chi connectivity index (χ0n) is 15.9. The number of hydrogen-bond donors (Lipinski definition) is 0. The van der Waals surface area contributed by atoms with Crippen molar-refractivity contribution < 1.29 is 9.53 Å². The molecule has 2 aliphatic rings. The van der Waals surface area contributed by atoms with Gasteiger partial charge in [-0.25, -0.2) is 9.78 Å². The molecular weight excluding hydrogens is 328 g/mol. The molecule has 0 aliphatic carbocycles. The largest absolute Gasteiger partial charge is 0.440 e. The van der Waals surface area contributed by atoms with Crippen LogP contribution in [-0.4, -0.2) is 57.7 Å². The summed E-state index contributed by atoms with van der Waals surface area (Å²) in [4.78, 5) is 20.9. The Morgan fingerprint density at radius 1 is 1.27 bits per heavy atom. The van der Waals surface area contributed by atoms with Gasteiger partial charge in [0.1, 0.15) is 11.4 Å². The molecule has 2 aromatic rings. The van der Waals surface area contributed by atoms with Crippen molar-refractivity contribution in [3.63, 3.8) is 0 Å². The van der Waals surface area contributed by atoms with Crippen LogP contribution in [0.25, 0.3) is 11.0 Å². The van der Waals surface area contributed by atoms with Crippen LogP contribution in [0.1, 0.15) is 32.5 Å². The fraction of sp³-hybridized carbons (Fsp3) is 0.600. The smallest absolute Gasteiger partial charge is 0.410 e. The molecule has 1 aromatic carbocycles. The van der Waals surface area contributed by atoms with Crippen molar-refractivity contribution in [1.82, 2.24) is 19.4 Å². The molecule has 0 radical (unpaired) electrons. The summed E-state index contributed by atoms with van der Waals surface area (Å²) in [5.74, 6) is 1.66. The zero-order chi connectivity index (χ0) is 18.3. The molecule has 0 bridgehead atoms. The highest BCUT2D eigenvalue weighted by molar-refractivity contribution is 5.75. The normalized spacial score (nSPS) is 24.2. The predicted octanol–water partition coefficient (Wildman–Crippen LogP) is 3.11. The van der Waals surface area contributed by atoms with E-state index in [0.717, 1.165) is 50.4 Å². The summed E-state index contributed by atoms with van der Waals surface area (Å²) in [5.41, 5.74) is 1.91. The lowest BCUT2D eigenvalue weighted by molar-refractivity contribution is -0.0123. The maximum absolute atomic E-state index is 11.9. The summed E-state index contributed by atoms with van der Waals surface area (Å²) >= 11 is 0. The van der Waals surface area contributed by atoms with Crippen molar-refractivity contribution in [3.8, 4) is 0 Å². The zero-order valence-corrected chi connectivity index (χ0v) is 15.9. The SMILES string of the molecule is CC(C)Cn1c(CN2CCC[C@]3(C2)CN(C)C(=O)O3)nc2ccccc21. The van der Waals surface area contributed by atoms with Crippen LogP contribution in [0.4, 0.5) is 4.79 Å². The second kappa shape index (κ2) is 6.58. The highest BCUT2D eigenvalue weighted by atomic mass is 16.6. The van der Waals surface area contributed by atoms with Crippen LogP contribution in [0.3, 0.4) is 0 Å². The van der Waals surface area contributed by atoms with Crippen LogP contribution in [-0.2, 0) is 17.8 Å². The number of nitrogens with zero attached hydrogens (tertiary/aromatic N) is 4. The third kappa shape index (κ3) is 3.18. The number of piperidine rings is 1. The van der Waals surface area contributed by atoms with Gasteiger partial charge in [0.05, 0.1) is 24.1 Å². The van der Waals surface area contributed by atoms with E-state index >= 15 is 0 Å². The molecule has 4 rings (SSSR count).